The third-order valence-electron chi connectivity index (χ3n) is 1.07. The van der Waals surface area contributed by atoms with Crippen molar-refractivity contribution in [3.8, 4) is 0 Å². The molecule has 0 aromatic rings. The molecule has 1 rings (SSSR count). The lowest BCUT2D eigenvalue weighted by Crippen LogP contribution is -2.22. The van der Waals surface area contributed by atoms with E-state index in [1.54, 1.807) is 6.92 Å². The van der Waals surface area contributed by atoms with Crippen molar-refractivity contribution in [3.05, 3.63) is 11.8 Å². The van der Waals surface area contributed by atoms with Crippen LogP contribution in [0.1, 0.15) is 6.92 Å². The smallest absolute Gasteiger partial charge is 0.247 e. The van der Waals surface area contributed by atoms with E-state index < -0.39 is 0 Å². The Balaban J connectivity index is 2.59. The van der Waals surface area contributed by atoms with E-state index in [1.807, 2.05) is 0 Å². The van der Waals surface area contributed by atoms with Gasteiger partial charge in [0, 0.05) is 6.08 Å². The van der Waals surface area contributed by atoms with E-state index in [-0.39, 0.29) is 5.91 Å². The van der Waals surface area contributed by atoms with Gasteiger partial charge < -0.3 is 10.1 Å². The fourth-order valence-electron chi connectivity index (χ4n) is 0.664. The van der Waals surface area contributed by atoms with Gasteiger partial charge in [-0.25, -0.2) is 0 Å². The van der Waals surface area contributed by atoms with Crippen LogP contribution in [0.5, 0.6) is 0 Å². The lowest BCUT2D eigenvalue weighted by Gasteiger charge is -1.98. The first kappa shape index (κ1) is 6.13. The highest BCUT2D eigenvalue weighted by Gasteiger charge is 2.02. The Morgan fingerprint density at radius 2 is 2.56 bits per heavy atom. The molecule has 0 fully saturated rings. The van der Waals surface area contributed by atoms with Crippen LogP contribution in [0.2, 0.25) is 0 Å². The van der Waals surface area contributed by atoms with E-state index in [1.165, 1.54) is 6.08 Å². The molecule has 1 aliphatic rings. The summed E-state index contributed by atoms with van der Waals surface area (Å²) in [5.74, 6) is 0.620. The van der Waals surface area contributed by atoms with Crippen LogP contribution in [0.4, 0.5) is 0 Å². The zero-order valence-corrected chi connectivity index (χ0v) is 5.31. The molecule has 1 N–H and O–H groups in total. The average molecular weight is 127 g/mol. The molecule has 0 radical (unpaired) electrons. The molecule has 50 valence electrons. The highest BCUT2D eigenvalue weighted by molar-refractivity contribution is 5.87. The van der Waals surface area contributed by atoms with Crippen LogP contribution < -0.4 is 5.32 Å². The first-order chi connectivity index (χ1) is 4.29. The number of carbonyl (C=O) groups excluding carboxylic acids is 1. The van der Waals surface area contributed by atoms with Gasteiger partial charge in [-0.3, -0.25) is 4.79 Å². The van der Waals surface area contributed by atoms with Crippen LogP contribution in [0.3, 0.4) is 0 Å². The summed E-state index contributed by atoms with van der Waals surface area (Å²) in [6.07, 6.45) is 1.45. The zero-order chi connectivity index (χ0) is 6.69. The minimum Gasteiger partial charge on any atom is -0.496 e. The standard InChI is InChI=1S/C6H9NO2/c1-5-4-6(8)7-2-3-9-5/h4H,2-3H2,1H3,(H,7,8). The molecule has 0 spiro atoms. The van der Waals surface area contributed by atoms with Crippen LogP contribution in [0, 0.1) is 0 Å². The fraction of sp³-hybridized carbons (Fsp3) is 0.500. The molecule has 0 aromatic carbocycles. The van der Waals surface area contributed by atoms with Gasteiger partial charge in [-0.05, 0) is 6.92 Å². The molecule has 0 unspecified atom stereocenters. The number of hydrogen-bond donors (Lipinski definition) is 1. The van der Waals surface area contributed by atoms with Crippen LogP contribution >= 0.6 is 0 Å². The minimum atomic E-state index is -0.0648. The maximum Gasteiger partial charge on any atom is 0.247 e. The Labute approximate surface area is 53.7 Å². The van der Waals surface area contributed by atoms with Crippen molar-refractivity contribution >= 4 is 5.91 Å². The number of allylic oxidation sites excluding steroid dienone is 1. The second-order valence-electron chi connectivity index (χ2n) is 1.89. The van der Waals surface area contributed by atoms with Gasteiger partial charge in [0.05, 0.1) is 12.3 Å². The molecule has 1 amide bonds. The highest BCUT2D eigenvalue weighted by Crippen LogP contribution is 1.96. The number of hydrogen-bond acceptors (Lipinski definition) is 2. The van der Waals surface area contributed by atoms with Crippen molar-refractivity contribution in [2.75, 3.05) is 13.2 Å². The predicted molar refractivity (Wildman–Crippen MR) is 32.7 cm³/mol. The number of amides is 1. The quantitative estimate of drug-likeness (QED) is 0.498. The second kappa shape index (κ2) is 2.53. The number of rotatable bonds is 0. The largest absolute Gasteiger partial charge is 0.496 e. The first-order valence-electron chi connectivity index (χ1n) is 2.88. The van der Waals surface area contributed by atoms with Crippen molar-refractivity contribution in [2.24, 2.45) is 0 Å². The predicted octanol–water partition coefficient (Wildman–Crippen LogP) is 0.0366. The second-order valence-corrected chi connectivity index (χ2v) is 1.89. The molecule has 3 nitrogen and oxygen atoms in total. The van der Waals surface area contributed by atoms with Gasteiger partial charge in [0.15, 0.2) is 0 Å². The van der Waals surface area contributed by atoms with Crippen LogP contribution in [-0.4, -0.2) is 19.1 Å². The molecule has 0 bridgehead atoms. The average Bonchev–Trinajstić information content (AvgIpc) is 1.93. The molecule has 9 heavy (non-hydrogen) atoms. The molecule has 0 aliphatic carbocycles. The van der Waals surface area contributed by atoms with E-state index in [4.69, 9.17) is 4.74 Å². The number of nitrogens with one attached hydrogen (secondary N) is 1. The van der Waals surface area contributed by atoms with Crippen LogP contribution in [0.25, 0.3) is 0 Å². The van der Waals surface area contributed by atoms with Crippen LogP contribution in [-0.2, 0) is 9.53 Å². The van der Waals surface area contributed by atoms with E-state index >= 15 is 0 Å². The molecule has 0 saturated heterocycles. The Bertz CT molecular complexity index is 151. The van der Waals surface area contributed by atoms with Crippen molar-refractivity contribution in [2.45, 2.75) is 6.92 Å². The minimum absolute atomic E-state index is 0.0648. The van der Waals surface area contributed by atoms with E-state index in [2.05, 4.69) is 5.32 Å². The summed E-state index contributed by atoms with van der Waals surface area (Å²) in [4.78, 5) is 10.6. The monoisotopic (exact) mass is 127 g/mol. The van der Waals surface area contributed by atoms with Gasteiger partial charge in [-0.2, -0.15) is 0 Å². The van der Waals surface area contributed by atoms with Crippen LogP contribution in [0.15, 0.2) is 11.8 Å². The maximum atomic E-state index is 10.6. The van der Waals surface area contributed by atoms with Crippen molar-refractivity contribution in [1.82, 2.24) is 5.32 Å². The van der Waals surface area contributed by atoms with Crippen molar-refractivity contribution in [3.63, 3.8) is 0 Å². The molecule has 1 heterocycles. The third kappa shape index (κ3) is 1.76. The van der Waals surface area contributed by atoms with Gasteiger partial charge in [0.25, 0.3) is 0 Å². The summed E-state index contributed by atoms with van der Waals surface area (Å²) in [6.45, 7) is 2.95. The molecule has 0 atom stereocenters. The highest BCUT2D eigenvalue weighted by atomic mass is 16.5. The van der Waals surface area contributed by atoms with Crippen molar-refractivity contribution in [1.29, 1.82) is 0 Å². The maximum absolute atomic E-state index is 10.6. The van der Waals surface area contributed by atoms with Gasteiger partial charge in [0.1, 0.15) is 6.61 Å². The normalized spacial score (nSPS) is 19.2. The summed E-state index contributed by atoms with van der Waals surface area (Å²) in [6, 6.07) is 0. The zero-order valence-electron chi connectivity index (χ0n) is 5.31. The Morgan fingerprint density at radius 3 is 3.33 bits per heavy atom. The summed E-state index contributed by atoms with van der Waals surface area (Å²) < 4.78 is 5.05. The topological polar surface area (TPSA) is 38.3 Å². The Hall–Kier alpha value is -0.990. The van der Waals surface area contributed by atoms with E-state index in [0.717, 1.165) is 0 Å². The van der Waals surface area contributed by atoms with Gasteiger partial charge in [0.2, 0.25) is 5.91 Å². The SMILES string of the molecule is CC1=CC(=O)NCCO1. The summed E-state index contributed by atoms with van der Waals surface area (Å²) >= 11 is 0. The van der Waals surface area contributed by atoms with E-state index in [9.17, 15) is 4.79 Å². The molecule has 1 aliphatic heterocycles. The Morgan fingerprint density at radius 1 is 1.78 bits per heavy atom. The van der Waals surface area contributed by atoms with Gasteiger partial charge in [-0.1, -0.05) is 0 Å². The summed E-state index contributed by atoms with van der Waals surface area (Å²) in [7, 11) is 0. The number of carbonyl (C=O) groups is 1. The number of ether oxygens (including phenoxy) is 1. The summed E-state index contributed by atoms with van der Waals surface area (Å²) in [5, 5.41) is 2.63. The lowest BCUT2D eigenvalue weighted by atomic mass is 10.5. The lowest BCUT2D eigenvalue weighted by molar-refractivity contribution is -0.116. The first-order valence-corrected chi connectivity index (χ1v) is 2.88. The fourth-order valence-corrected chi connectivity index (χ4v) is 0.664. The van der Waals surface area contributed by atoms with Gasteiger partial charge >= 0.3 is 0 Å². The molecular formula is C6H9NO2. The summed E-state index contributed by atoms with van der Waals surface area (Å²) in [5.41, 5.74) is 0. The molecule has 3 heteroatoms. The molecular weight excluding hydrogens is 118 g/mol. The molecule has 0 aromatic heterocycles. The molecule has 0 saturated carbocycles. The Kier molecular flexibility index (Phi) is 1.72. The van der Waals surface area contributed by atoms with Gasteiger partial charge in [-0.15, -0.1) is 0 Å². The third-order valence-corrected chi connectivity index (χ3v) is 1.07. The van der Waals surface area contributed by atoms with Crippen molar-refractivity contribution < 1.29 is 9.53 Å². The van der Waals surface area contributed by atoms with E-state index in [0.29, 0.717) is 18.9 Å².